The van der Waals surface area contributed by atoms with Crippen LogP contribution in [0.3, 0.4) is 0 Å². The zero-order valence-corrected chi connectivity index (χ0v) is 18.7. The molecule has 8 heteroatoms. The molecule has 0 atom stereocenters. The molecule has 0 spiro atoms. The molecule has 0 aliphatic rings. The molecule has 1 N–H and O–H groups in total. The van der Waals surface area contributed by atoms with Crippen molar-refractivity contribution in [1.29, 1.82) is 0 Å². The Morgan fingerprint density at radius 2 is 1.55 bits per heavy atom. The smallest absolute Gasteiger partial charge is 0.344 e. The monoisotopic (exact) mass is 449 g/mol. The number of hydrogen-bond donors (Lipinski definition) is 1. The summed E-state index contributed by atoms with van der Waals surface area (Å²) in [6.07, 6.45) is 0. The lowest BCUT2D eigenvalue weighted by molar-refractivity contribution is -0.118. The second-order valence-electron chi connectivity index (χ2n) is 7.25. The van der Waals surface area contributed by atoms with Crippen LogP contribution >= 0.6 is 0 Å². The molecule has 0 saturated heterocycles. The maximum Gasteiger partial charge on any atom is 0.344 e. The first-order valence-corrected chi connectivity index (χ1v) is 10.1. The van der Waals surface area contributed by atoms with E-state index in [2.05, 4.69) is 5.32 Å². The molecule has 0 bridgehead atoms. The van der Waals surface area contributed by atoms with Crippen molar-refractivity contribution in [2.45, 2.75) is 6.92 Å². The fourth-order valence-corrected chi connectivity index (χ4v) is 3.71. The van der Waals surface area contributed by atoms with E-state index in [9.17, 15) is 9.59 Å². The molecule has 0 fully saturated rings. The van der Waals surface area contributed by atoms with Crippen molar-refractivity contribution in [2.24, 2.45) is 0 Å². The maximum absolute atomic E-state index is 12.5. The van der Waals surface area contributed by atoms with Gasteiger partial charge in [-0.25, -0.2) is 4.79 Å². The number of fused-ring (bicyclic) bond motifs is 3. The molecule has 1 aromatic heterocycles. The molecule has 4 aromatic rings. The lowest BCUT2D eigenvalue weighted by atomic mass is 10.0. The predicted octanol–water partition coefficient (Wildman–Crippen LogP) is 4.30. The van der Waals surface area contributed by atoms with Gasteiger partial charge in [-0.3, -0.25) is 4.79 Å². The van der Waals surface area contributed by atoms with E-state index in [1.807, 2.05) is 18.2 Å². The number of benzene rings is 3. The number of aryl methyl sites for hydroxylation is 1. The van der Waals surface area contributed by atoms with Crippen molar-refractivity contribution in [3.05, 3.63) is 64.5 Å². The highest BCUT2D eigenvalue weighted by Gasteiger charge is 2.16. The van der Waals surface area contributed by atoms with E-state index in [4.69, 9.17) is 23.4 Å². The number of hydrogen-bond acceptors (Lipinski definition) is 7. The number of carbonyl (C=O) groups is 1. The summed E-state index contributed by atoms with van der Waals surface area (Å²) in [6.45, 7) is 1.54. The Morgan fingerprint density at radius 1 is 0.879 bits per heavy atom. The number of methoxy groups -OCH3 is 3. The molecule has 0 aliphatic heterocycles. The normalized spacial score (nSPS) is 10.8. The van der Waals surface area contributed by atoms with Gasteiger partial charge in [0.05, 0.1) is 26.7 Å². The predicted molar refractivity (Wildman–Crippen MR) is 125 cm³/mol. The number of rotatable bonds is 7. The van der Waals surface area contributed by atoms with Gasteiger partial charge in [0.25, 0.3) is 5.91 Å². The minimum Gasteiger partial charge on any atom is -0.493 e. The van der Waals surface area contributed by atoms with E-state index < -0.39 is 5.63 Å². The average molecular weight is 449 g/mol. The van der Waals surface area contributed by atoms with Crippen LogP contribution in [-0.4, -0.2) is 33.8 Å². The Labute approximate surface area is 189 Å². The Hall–Kier alpha value is -4.20. The van der Waals surface area contributed by atoms with Crippen LogP contribution in [0.2, 0.25) is 0 Å². The van der Waals surface area contributed by atoms with Crippen LogP contribution < -0.4 is 29.9 Å². The molecule has 0 unspecified atom stereocenters. The first-order chi connectivity index (χ1) is 16.0. The van der Waals surface area contributed by atoms with Gasteiger partial charge in [-0.1, -0.05) is 18.2 Å². The van der Waals surface area contributed by atoms with Crippen LogP contribution in [0.5, 0.6) is 23.0 Å². The van der Waals surface area contributed by atoms with Crippen LogP contribution in [-0.2, 0) is 4.79 Å². The molecular weight excluding hydrogens is 426 g/mol. The molecule has 8 nitrogen and oxygen atoms in total. The first-order valence-electron chi connectivity index (χ1n) is 10.1. The fourth-order valence-electron chi connectivity index (χ4n) is 3.71. The van der Waals surface area contributed by atoms with Gasteiger partial charge in [-0.15, -0.1) is 0 Å². The number of nitrogens with one attached hydrogen (secondary N) is 1. The maximum atomic E-state index is 12.5. The van der Waals surface area contributed by atoms with Gasteiger partial charge in [0.1, 0.15) is 11.3 Å². The van der Waals surface area contributed by atoms with Gasteiger partial charge in [0.15, 0.2) is 18.1 Å². The summed E-state index contributed by atoms with van der Waals surface area (Å²) in [6, 6.07) is 14.1. The molecule has 0 aliphatic carbocycles. The van der Waals surface area contributed by atoms with E-state index in [1.165, 1.54) is 21.3 Å². The minimum atomic E-state index is -0.418. The molecular formula is C25H23NO7. The Kier molecular flexibility index (Phi) is 6.08. The number of anilines is 1. The molecule has 170 valence electrons. The van der Waals surface area contributed by atoms with Gasteiger partial charge in [0.2, 0.25) is 5.75 Å². The highest BCUT2D eigenvalue weighted by Crippen LogP contribution is 2.40. The Morgan fingerprint density at radius 3 is 2.18 bits per heavy atom. The van der Waals surface area contributed by atoms with E-state index in [-0.39, 0.29) is 12.5 Å². The SMILES string of the molecule is COc1cc(NC(=O)COc2ccc3c(oc(=O)c4ccccc43)c2C)cc(OC)c1OC. The Bertz CT molecular complexity index is 1380. The van der Waals surface area contributed by atoms with Crippen molar-refractivity contribution in [2.75, 3.05) is 33.3 Å². The van der Waals surface area contributed by atoms with Crippen molar-refractivity contribution in [1.82, 2.24) is 0 Å². The lowest BCUT2D eigenvalue weighted by Crippen LogP contribution is -2.20. The van der Waals surface area contributed by atoms with E-state index >= 15 is 0 Å². The lowest BCUT2D eigenvalue weighted by Gasteiger charge is -2.15. The third-order valence-corrected chi connectivity index (χ3v) is 5.30. The quantitative estimate of drug-likeness (QED) is 0.332. The third kappa shape index (κ3) is 4.15. The highest BCUT2D eigenvalue weighted by atomic mass is 16.5. The molecule has 0 saturated carbocycles. The van der Waals surface area contributed by atoms with Gasteiger partial charge in [-0.2, -0.15) is 0 Å². The molecule has 4 rings (SSSR count). The second kappa shape index (κ2) is 9.12. The van der Waals surface area contributed by atoms with E-state index in [1.54, 1.807) is 37.3 Å². The molecule has 0 radical (unpaired) electrons. The fraction of sp³-hybridized carbons (Fsp3) is 0.200. The van der Waals surface area contributed by atoms with Gasteiger partial charge in [-0.05, 0) is 30.5 Å². The molecule has 1 amide bonds. The van der Waals surface area contributed by atoms with E-state index in [0.29, 0.717) is 45.2 Å². The third-order valence-electron chi connectivity index (χ3n) is 5.30. The number of ether oxygens (including phenoxy) is 4. The summed E-state index contributed by atoms with van der Waals surface area (Å²) in [5.74, 6) is 1.32. The summed E-state index contributed by atoms with van der Waals surface area (Å²) in [7, 11) is 4.50. The summed E-state index contributed by atoms with van der Waals surface area (Å²) in [4.78, 5) is 24.9. The average Bonchev–Trinajstić information content (AvgIpc) is 2.83. The summed E-state index contributed by atoms with van der Waals surface area (Å²) < 4.78 is 27.2. The van der Waals surface area contributed by atoms with Gasteiger partial charge < -0.3 is 28.7 Å². The van der Waals surface area contributed by atoms with Crippen LogP contribution in [0.25, 0.3) is 21.7 Å². The second-order valence-corrected chi connectivity index (χ2v) is 7.25. The van der Waals surface area contributed by atoms with Crippen LogP contribution in [0, 0.1) is 6.92 Å². The zero-order chi connectivity index (χ0) is 23.5. The van der Waals surface area contributed by atoms with Crippen molar-refractivity contribution in [3.8, 4) is 23.0 Å². The standard InChI is InChI=1S/C25H23NO7/c1-14-19(10-9-17-16-7-5-6-8-18(16)25(28)33-23(14)17)32-13-22(27)26-15-11-20(29-2)24(31-4)21(12-15)30-3/h5-12H,13H2,1-4H3,(H,26,27). The summed E-state index contributed by atoms with van der Waals surface area (Å²) >= 11 is 0. The van der Waals surface area contributed by atoms with Crippen molar-refractivity contribution in [3.63, 3.8) is 0 Å². The summed E-state index contributed by atoms with van der Waals surface area (Å²) in [5, 5.41) is 4.87. The van der Waals surface area contributed by atoms with Crippen LogP contribution in [0.4, 0.5) is 5.69 Å². The minimum absolute atomic E-state index is 0.249. The number of amides is 1. The van der Waals surface area contributed by atoms with E-state index in [0.717, 1.165) is 10.8 Å². The van der Waals surface area contributed by atoms with Gasteiger partial charge in [0, 0.05) is 28.8 Å². The molecule has 1 heterocycles. The van der Waals surface area contributed by atoms with Crippen LogP contribution in [0.1, 0.15) is 5.56 Å². The van der Waals surface area contributed by atoms with Crippen LogP contribution in [0.15, 0.2) is 57.7 Å². The van der Waals surface area contributed by atoms with Gasteiger partial charge >= 0.3 is 5.63 Å². The highest BCUT2D eigenvalue weighted by molar-refractivity contribution is 6.05. The molecule has 3 aromatic carbocycles. The first kappa shape index (κ1) is 22.0. The van der Waals surface area contributed by atoms with Crippen molar-refractivity contribution >= 4 is 33.3 Å². The largest absolute Gasteiger partial charge is 0.493 e. The summed E-state index contributed by atoms with van der Waals surface area (Å²) in [5.41, 5.74) is 1.11. The Balaban J connectivity index is 1.55. The van der Waals surface area contributed by atoms with Crippen molar-refractivity contribution < 1.29 is 28.2 Å². The molecule has 33 heavy (non-hydrogen) atoms. The topological polar surface area (TPSA) is 96.2 Å². The zero-order valence-electron chi connectivity index (χ0n) is 18.7. The number of carbonyl (C=O) groups excluding carboxylic acids is 1.